The van der Waals surface area contributed by atoms with Crippen LogP contribution in [0.25, 0.3) is 0 Å². The number of hydrogen-bond acceptors (Lipinski definition) is 6. The van der Waals surface area contributed by atoms with E-state index in [4.69, 9.17) is 9.15 Å². The van der Waals surface area contributed by atoms with Crippen LogP contribution in [0.5, 0.6) is 5.75 Å². The molecule has 1 aromatic heterocycles. The van der Waals surface area contributed by atoms with E-state index in [1.165, 1.54) is 16.4 Å². The lowest BCUT2D eigenvalue weighted by Gasteiger charge is -2.31. The Kier molecular flexibility index (Phi) is 5.52. The zero-order valence-electron chi connectivity index (χ0n) is 16.5. The molecule has 3 heterocycles. The Morgan fingerprint density at radius 3 is 2.73 bits per heavy atom. The Bertz CT molecular complexity index is 1040. The molecule has 9 nitrogen and oxygen atoms in total. The van der Waals surface area contributed by atoms with E-state index in [9.17, 15) is 18.0 Å². The summed E-state index contributed by atoms with van der Waals surface area (Å²) in [5.41, 5.74) is 0.339. The van der Waals surface area contributed by atoms with Crippen molar-refractivity contribution in [1.29, 1.82) is 0 Å². The van der Waals surface area contributed by atoms with Gasteiger partial charge in [0.15, 0.2) is 6.10 Å². The number of carbonyl (C=O) groups excluding carboxylic acids is 2. The molecule has 0 spiro atoms. The van der Waals surface area contributed by atoms with Crippen LogP contribution in [0.15, 0.2) is 45.9 Å². The first-order chi connectivity index (χ1) is 14.3. The van der Waals surface area contributed by atoms with Gasteiger partial charge >= 0.3 is 0 Å². The van der Waals surface area contributed by atoms with Gasteiger partial charge in [-0.3, -0.25) is 9.59 Å². The second-order valence-electron chi connectivity index (χ2n) is 7.38. The average molecular weight is 433 g/mol. The van der Waals surface area contributed by atoms with Crippen molar-refractivity contribution in [3.05, 3.63) is 42.4 Å². The van der Waals surface area contributed by atoms with Crippen molar-refractivity contribution in [2.45, 2.75) is 37.3 Å². The molecule has 0 unspecified atom stereocenters. The van der Waals surface area contributed by atoms with E-state index in [-0.39, 0.29) is 35.7 Å². The van der Waals surface area contributed by atoms with Gasteiger partial charge in [0.2, 0.25) is 15.9 Å². The predicted molar refractivity (Wildman–Crippen MR) is 107 cm³/mol. The number of furan rings is 1. The molecule has 10 heteroatoms. The maximum absolute atomic E-state index is 13.0. The topological polar surface area (TPSA) is 118 Å². The molecule has 2 aliphatic heterocycles. The number of carbonyl (C=O) groups is 2. The monoisotopic (exact) mass is 433 g/mol. The zero-order chi connectivity index (χ0) is 21.3. The minimum atomic E-state index is -3.74. The summed E-state index contributed by atoms with van der Waals surface area (Å²) in [7, 11) is -3.74. The highest BCUT2D eigenvalue weighted by Crippen LogP contribution is 2.33. The molecule has 0 radical (unpaired) electrons. The standard InChI is InChI=1S/C20H23N3O6S/c1-13-19(24)22-17-11-16(4-5-18(17)29-13)30(26,27)23-8-6-14(7-9-23)20(25)21-12-15-3-2-10-28-15/h2-5,10-11,13-14H,6-9,12H2,1H3,(H,21,25)(H,22,24)/t13-/m1/s1. The molecule has 4 rings (SSSR count). The molecule has 1 fully saturated rings. The first-order valence-electron chi connectivity index (χ1n) is 9.76. The number of sulfonamides is 1. The van der Waals surface area contributed by atoms with Crippen LogP contribution in [0.3, 0.4) is 0 Å². The van der Waals surface area contributed by atoms with Gasteiger partial charge in [0, 0.05) is 19.0 Å². The fourth-order valence-corrected chi connectivity index (χ4v) is 5.08. The molecule has 30 heavy (non-hydrogen) atoms. The molecule has 2 aromatic rings. The van der Waals surface area contributed by atoms with E-state index in [1.807, 2.05) is 0 Å². The Morgan fingerprint density at radius 1 is 1.27 bits per heavy atom. The third kappa shape index (κ3) is 4.05. The number of nitrogens with one attached hydrogen (secondary N) is 2. The van der Waals surface area contributed by atoms with Gasteiger partial charge < -0.3 is 19.8 Å². The molecule has 2 aliphatic rings. The number of hydrogen-bond donors (Lipinski definition) is 2. The van der Waals surface area contributed by atoms with Gasteiger partial charge in [-0.05, 0) is 50.1 Å². The van der Waals surface area contributed by atoms with E-state index in [2.05, 4.69) is 10.6 Å². The van der Waals surface area contributed by atoms with Gasteiger partial charge in [-0.25, -0.2) is 8.42 Å². The quantitative estimate of drug-likeness (QED) is 0.741. The van der Waals surface area contributed by atoms with Crippen molar-refractivity contribution in [3.8, 4) is 5.75 Å². The number of fused-ring (bicyclic) bond motifs is 1. The van der Waals surface area contributed by atoms with Gasteiger partial charge in [-0.15, -0.1) is 0 Å². The molecular weight excluding hydrogens is 410 g/mol. The molecular formula is C20H23N3O6S. The average Bonchev–Trinajstić information content (AvgIpc) is 3.26. The largest absolute Gasteiger partial charge is 0.479 e. The number of nitrogens with zero attached hydrogens (tertiary/aromatic N) is 1. The maximum atomic E-state index is 13.0. The lowest BCUT2D eigenvalue weighted by molar-refractivity contribution is -0.126. The number of anilines is 1. The molecule has 160 valence electrons. The Balaban J connectivity index is 1.38. The van der Waals surface area contributed by atoms with Crippen molar-refractivity contribution < 1.29 is 27.2 Å². The maximum Gasteiger partial charge on any atom is 0.265 e. The van der Waals surface area contributed by atoms with Gasteiger partial charge in [0.25, 0.3) is 5.91 Å². The summed E-state index contributed by atoms with van der Waals surface area (Å²) in [6, 6.07) is 7.97. The van der Waals surface area contributed by atoms with Gasteiger partial charge in [0.1, 0.15) is 11.5 Å². The summed E-state index contributed by atoms with van der Waals surface area (Å²) in [5, 5.41) is 5.49. The zero-order valence-corrected chi connectivity index (χ0v) is 17.3. The number of amides is 2. The van der Waals surface area contributed by atoms with Crippen LogP contribution in [0.4, 0.5) is 5.69 Å². The van der Waals surface area contributed by atoms with Gasteiger partial charge in [-0.2, -0.15) is 4.31 Å². The van der Waals surface area contributed by atoms with E-state index in [1.54, 1.807) is 31.4 Å². The van der Waals surface area contributed by atoms with Crippen molar-refractivity contribution in [3.63, 3.8) is 0 Å². The first kappa shape index (κ1) is 20.4. The molecule has 0 saturated carbocycles. The summed E-state index contributed by atoms with van der Waals surface area (Å²) >= 11 is 0. The lowest BCUT2D eigenvalue weighted by Crippen LogP contribution is -2.43. The summed E-state index contributed by atoms with van der Waals surface area (Å²) in [5.74, 6) is 0.433. The van der Waals surface area contributed by atoms with Crippen LogP contribution < -0.4 is 15.4 Å². The summed E-state index contributed by atoms with van der Waals surface area (Å²) in [6.07, 6.45) is 1.79. The normalized spacial score (nSPS) is 20.2. The highest BCUT2D eigenvalue weighted by molar-refractivity contribution is 7.89. The van der Waals surface area contributed by atoms with Crippen LogP contribution in [0.1, 0.15) is 25.5 Å². The summed E-state index contributed by atoms with van der Waals surface area (Å²) in [6.45, 7) is 2.43. The third-order valence-electron chi connectivity index (χ3n) is 5.36. The van der Waals surface area contributed by atoms with Crippen LogP contribution in [0, 0.1) is 5.92 Å². The minimum absolute atomic E-state index is 0.0837. The van der Waals surface area contributed by atoms with E-state index in [0.29, 0.717) is 36.6 Å². The predicted octanol–water partition coefficient (Wildman–Crippen LogP) is 1.72. The highest BCUT2D eigenvalue weighted by Gasteiger charge is 2.33. The molecule has 1 saturated heterocycles. The molecule has 1 atom stereocenters. The second-order valence-corrected chi connectivity index (χ2v) is 9.32. The lowest BCUT2D eigenvalue weighted by atomic mass is 9.97. The molecule has 2 N–H and O–H groups in total. The van der Waals surface area contributed by atoms with Crippen molar-refractivity contribution in [2.24, 2.45) is 5.92 Å². The highest BCUT2D eigenvalue weighted by atomic mass is 32.2. The third-order valence-corrected chi connectivity index (χ3v) is 7.26. The Labute approximate surface area is 174 Å². The van der Waals surface area contributed by atoms with E-state index >= 15 is 0 Å². The van der Waals surface area contributed by atoms with Crippen LogP contribution >= 0.6 is 0 Å². The Morgan fingerprint density at radius 2 is 2.03 bits per heavy atom. The first-order valence-corrected chi connectivity index (χ1v) is 11.2. The SMILES string of the molecule is C[C@H]1Oc2ccc(S(=O)(=O)N3CCC(C(=O)NCc4ccco4)CC3)cc2NC1=O. The van der Waals surface area contributed by atoms with Crippen LogP contribution in [-0.2, 0) is 26.2 Å². The smallest absolute Gasteiger partial charge is 0.265 e. The molecule has 2 amide bonds. The fraction of sp³-hybridized carbons (Fsp3) is 0.400. The molecule has 1 aromatic carbocycles. The molecule has 0 bridgehead atoms. The summed E-state index contributed by atoms with van der Waals surface area (Å²) in [4.78, 5) is 24.3. The van der Waals surface area contributed by atoms with Crippen LogP contribution in [-0.4, -0.2) is 43.7 Å². The summed E-state index contributed by atoms with van der Waals surface area (Å²) < 4.78 is 38.1. The number of benzene rings is 1. The number of ether oxygens (including phenoxy) is 1. The minimum Gasteiger partial charge on any atom is -0.479 e. The van der Waals surface area contributed by atoms with Crippen molar-refractivity contribution in [1.82, 2.24) is 9.62 Å². The number of piperidine rings is 1. The van der Waals surface area contributed by atoms with Crippen molar-refractivity contribution >= 4 is 27.5 Å². The van der Waals surface area contributed by atoms with E-state index in [0.717, 1.165) is 0 Å². The Hall–Kier alpha value is -2.85. The van der Waals surface area contributed by atoms with Gasteiger partial charge in [-0.1, -0.05) is 0 Å². The van der Waals surface area contributed by atoms with Crippen LogP contribution in [0.2, 0.25) is 0 Å². The second kappa shape index (κ2) is 8.11. The fourth-order valence-electron chi connectivity index (χ4n) is 3.59. The van der Waals surface area contributed by atoms with E-state index < -0.39 is 16.1 Å². The molecule has 0 aliphatic carbocycles. The number of rotatable bonds is 5. The van der Waals surface area contributed by atoms with Crippen molar-refractivity contribution in [2.75, 3.05) is 18.4 Å². The van der Waals surface area contributed by atoms with Gasteiger partial charge in [0.05, 0.1) is 23.4 Å².